The average molecular weight is 378 g/mol. The van der Waals surface area contributed by atoms with Crippen LogP contribution in [0.1, 0.15) is 65.2 Å². The molecule has 0 heterocycles. The maximum Gasteiger partial charge on any atom is 0.0900 e. The Bertz CT molecular complexity index is 257. The molecule has 0 rings (SSSR count). The van der Waals surface area contributed by atoms with Crippen molar-refractivity contribution in [2.75, 3.05) is 52.7 Å². The summed E-state index contributed by atoms with van der Waals surface area (Å²) < 4.78 is 11.0. The molecule has 26 heavy (non-hydrogen) atoms. The van der Waals surface area contributed by atoms with E-state index in [1.807, 2.05) is 4.90 Å². The molecule has 0 saturated heterocycles. The summed E-state index contributed by atoms with van der Waals surface area (Å²) in [5.74, 6) is 0. The number of aliphatic hydroxyl groups excluding tert-OH is 3. The summed E-state index contributed by atoms with van der Waals surface area (Å²) in [6.07, 6.45) is 7.97. The van der Waals surface area contributed by atoms with E-state index in [0.29, 0.717) is 32.8 Å². The van der Waals surface area contributed by atoms with Crippen molar-refractivity contribution in [1.82, 2.24) is 4.90 Å². The van der Waals surface area contributed by atoms with Gasteiger partial charge in [0.25, 0.3) is 0 Å². The lowest BCUT2D eigenvalue weighted by molar-refractivity contribution is -0.0139. The zero-order valence-electron chi connectivity index (χ0n) is 17.1. The Morgan fingerprint density at radius 3 is 1.58 bits per heavy atom. The van der Waals surface area contributed by atoms with E-state index in [9.17, 15) is 15.3 Å². The largest absolute Gasteiger partial charge is 0.395 e. The van der Waals surface area contributed by atoms with Crippen LogP contribution in [-0.2, 0) is 9.47 Å². The molecule has 0 radical (unpaired) electrons. The minimum atomic E-state index is -0.616. The maximum absolute atomic E-state index is 10.1. The molecule has 0 saturated carbocycles. The van der Waals surface area contributed by atoms with Crippen LogP contribution in [-0.4, -0.2) is 85.1 Å². The van der Waals surface area contributed by atoms with Crippen molar-refractivity contribution in [3.8, 4) is 0 Å². The molecule has 0 aromatic rings. The van der Waals surface area contributed by atoms with E-state index in [0.717, 1.165) is 25.7 Å². The summed E-state index contributed by atoms with van der Waals surface area (Å²) in [6, 6.07) is 0. The summed E-state index contributed by atoms with van der Waals surface area (Å²) >= 11 is 0. The monoisotopic (exact) mass is 377 g/mol. The molecular formula is C20H43NO5. The lowest BCUT2D eigenvalue weighted by Gasteiger charge is -2.26. The quantitative estimate of drug-likeness (QED) is 0.282. The van der Waals surface area contributed by atoms with Crippen molar-refractivity contribution in [3.05, 3.63) is 0 Å². The Labute approximate surface area is 160 Å². The first-order valence-electron chi connectivity index (χ1n) is 10.5. The Morgan fingerprint density at radius 2 is 1.19 bits per heavy atom. The zero-order valence-corrected chi connectivity index (χ0v) is 17.1. The molecule has 2 atom stereocenters. The van der Waals surface area contributed by atoms with E-state index >= 15 is 0 Å². The van der Waals surface area contributed by atoms with Crippen LogP contribution in [0.4, 0.5) is 0 Å². The van der Waals surface area contributed by atoms with Crippen molar-refractivity contribution < 1.29 is 24.8 Å². The molecule has 0 aliphatic rings. The van der Waals surface area contributed by atoms with Gasteiger partial charge < -0.3 is 24.8 Å². The van der Waals surface area contributed by atoms with E-state index < -0.39 is 12.2 Å². The van der Waals surface area contributed by atoms with Crippen LogP contribution in [0.2, 0.25) is 0 Å². The van der Waals surface area contributed by atoms with E-state index in [2.05, 4.69) is 13.8 Å². The Morgan fingerprint density at radius 1 is 0.731 bits per heavy atom. The number of nitrogens with zero attached hydrogens (tertiary/aromatic N) is 1. The maximum atomic E-state index is 10.1. The van der Waals surface area contributed by atoms with Crippen molar-refractivity contribution in [3.63, 3.8) is 0 Å². The highest BCUT2D eigenvalue weighted by Gasteiger charge is 2.16. The second-order valence-corrected chi connectivity index (χ2v) is 7.06. The van der Waals surface area contributed by atoms with Crippen LogP contribution < -0.4 is 0 Å². The third-order valence-corrected chi connectivity index (χ3v) is 4.26. The van der Waals surface area contributed by atoms with Gasteiger partial charge in [-0.05, 0) is 12.8 Å². The summed E-state index contributed by atoms with van der Waals surface area (Å²) in [7, 11) is 0. The molecule has 0 spiro atoms. The number of ether oxygens (including phenoxy) is 2. The zero-order chi connectivity index (χ0) is 19.5. The Hall–Kier alpha value is -0.240. The standard InChI is InChI=1S/C20H43NO5/c1-3-5-7-9-13-25-17-19(23)15-21(11-12-22)16-20(24)18-26-14-10-8-6-4-2/h19-20,22-24H,3-18H2,1-2H3. The number of aliphatic hydroxyl groups is 3. The highest BCUT2D eigenvalue weighted by Crippen LogP contribution is 2.02. The molecule has 0 aromatic carbocycles. The van der Waals surface area contributed by atoms with Crippen molar-refractivity contribution in [2.45, 2.75) is 77.4 Å². The highest BCUT2D eigenvalue weighted by atomic mass is 16.5. The molecule has 0 amide bonds. The van der Waals surface area contributed by atoms with E-state index in [-0.39, 0.29) is 19.8 Å². The second kappa shape index (κ2) is 19.5. The van der Waals surface area contributed by atoms with Gasteiger partial charge in [-0.15, -0.1) is 0 Å². The number of hydrogen-bond acceptors (Lipinski definition) is 6. The van der Waals surface area contributed by atoms with Crippen LogP contribution in [0.25, 0.3) is 0 Å². The van der Waals surface area contributed by atoms with Crippen LogP contribution >= 0.6 is 0 Å². The van der Waals surface area contributed by atoms with Crippen molar-refractivity contribution in [2.24, 2.45) is 0 Å². The molecule has 3 N–H and O–H groups in total. The molecule has 0 aromatic heterocycles. The van der Waals surface area contributed by atoms with E-state index in [4.69, 9.17) is 9.47 Å². The van der Waals surface area contributed by atoms with Crippen LogP contribution in [0, 0.1) is 0 Å². The summed E-state index contributed by atoms with van der Waals surface area (Å²) in [6.45, 7) is 7.44. The fraction of sp³-hybridized carbons (Fsp3) is 1.00. The molecule has 0 bridgehead atoms. The van der Waals surface area contributed by atoms with Gasteiger partial charge in [-0.3, -0.25) is 4.90 Å². The highest BCUT2D eigenvalue weighted by molar-refractivity contribution is 4.68. The minimum Gasteiger partial charge on any atom is -0.395 e. The van der Waals surface area contributed by atoms with Gasteiger partial charge in [0.2, 0.25) is 0 Å². The van der Waals surface area contributed by atoms with Crippen molar-refractivity contribution >= 4 is 0 Å². The van der Waals surface area contributed by atoms with Crippen LogP contribution in [0.3, 0.4) is 0 Å². The van der Waals surface area contributed by atoms with Gasteiger partial charge in [-0.25, -0.2) is 0 Å². The number of rotatable bonds is 20. The topological polar surface area (TPSA) is 82.4 Å². The second-order valence-electron chi connectivity index (χ2n) is 7.06. The number of unbranched alkanes of at least 4 members (excludes halogenated alkanes) is 6. The summed E-state index contributed by atoms with van der Waals surface area (Å²) in [5.41, 5.74) is 0. The fourth-order valence-electron chi connectivity index (χ4n) is 2.80. The molecule has 2 unspecified atom stereocenters. The summed E-state index contributed by atoms with van der Waals surface area (Å²) in [4.78, 5) is 1.86. The molecule has 0 fully saturated rings. The smallest absolute Gasteiger partial charge is 0.0900 e. The third kappa shape index (κ3) is 17.2. The summed E-state index contributed by atoms with van der Waals surface area (Å²) in [5, 5.41) is 29.4. The van der Waals surface area contributed by atoms with Gasteiger partial charge in [0.15, 0.2) is 0 Å². The average Bonchev–Trinajstić information content (AvgIpc) is 2.61. The van der Waals surface area contributed by atoms with Crippen LogP contribution in [0.5, 0.6) is 0 Å². The first kappa shape index (κ1) is 25.8. The SMILES string of the molecule is CCCCCCOCC(O)CN(CCO)CC(O)COCCCCCC. The van der Waals surface area contributed by atoms with Gasteiger partial charge in [0, 0.05) is 32.8 Å². The Balaban J connectivity index is 3.84. The van der Waals surface area contributed by atoms with Gasteiger partial charge in [0.1, 0.15) is 0 Å². The third-order valence-electron chi connectivity index (χ3n) is 4.26. The van der Waals surface area contributed by atoms with Gasteiger partial charge in [-0.2, -0.15) is 0 Å². The minimum absolute atomic E-state index is 0.00477. The lowest BCUT2D eigenvalue weighted by Crippen LogP contribution is -2.42. The Kier molecular flexibility index (Phi) is 19.3. The molecule has 6 nitrogen and oxygen atoms in total. The number of hydrogen-bond donors (Lipinski definition) is 3. The molecule has 0 aliphatic carbocycles. The first-order valence-corrected chi connectivity index (χ1v) is 10.5. The van der Waals surface area contributed by atoms with Crippen LogP contribution in [0.15, 0.2) is 0 Å². The van der Waals surface area contributed by atoms with Gasteiger partial charge in [-0.1, -0.05) is 52.4 Å². The normalized spacial score (nSPS) is 14.1. The predicted molar refractivity (Wildman–Crippen MR) is 105 cm³/mol. The molecular weight excluding hydrogens is 334 g/mol. The predicted octanol–water partition coefficient (Wildman–Crippen LogP) is 2.20. The van der Waals surface area contributed by atoms with E-state index in [1.54, 1.807) is 0 Å². The molecule has 158 valence electrons. The molecule has 6 heteroatoms. The fourth-order valence-corrected chi connectivity index (χ4v) is 2.80. The molecule has 0 aliphatic heterocycles. The first-order chi connectivity index (χ1) is 12.6. The van der Waals surface area contributed by atoms with Gasteiger partial charge in [0.05, 0.1) is 32.0 Å². The van der Waals surface area contributed by atoms with Gasteiger partial charge >= 0.3 is 0 Å². The lowest BCUT2D eigenvalue weighted by atomic mass is 10.2. The van der Waals surface area contributed by atoms with Crippen molar-refractivity contribution in [1.29, 1.82) is 0 Å². The van der Waals surface area contributed by atoms with E-state index in [1.165, 1.54) is 25.7 Å².